The van der Waals surface area contributed by atoms with Crippen molar-refractivity contribution in [2.45, 2.75) is 19.9 Å². The molecule has 0 amide bonds. The van der Waals surface area contributed by atoms with Crippen LogP contribution in [0.25, 0.3) is 10.8 Å². The van der Waals surface area contributed by atoms with Gasteiger partial charge in [0.05, 0.1) is 12.1 Å². The zero-order valence-corrected chi connectivity index (χ0v) is 16.1. The van der Waals surface area contributed by atoms with Crippen molar-refractivity contribution in [2.75, 3.05) is 6.54 Å². The number of halogens is 1. The van der Waals surface area contributed by atoms with Gasteiger partial charge in [0.25, 0.3) is 0 Å². The number of aromatic carboxylic acids is 1. The Balaban J connectivity index is 0.00000261. The van der Waals surface area contributed by atoms with Crippen LogP contribution >= 0.6 is 12.4 Å². The molecule has 2 N–H and O–H groups in total. The second-order valence-electron chi connectivity index (χ2n) is 6.28. The topological polar surface area (TPSA) is 49.3 Å². The fourth-order valence-electron chi connectivity index (χ4n) is 3.09. The second-order valence-corrected chi connectivity index (χ2v) is 6.28. The van der Waals surface area contributed by atoms with Crippen LogP contribution in [0.4, 0.5) is 0 Å². The molecule has 1 atom stereocenters. The maximum absolute atomic E-state index is 11.3. The van der Waals surface area contributed by atoms with E-state index in [1.165, 1.54) is 16.3 Å². The average molecular weight is 380 g/mol. The monoisotopic (exact) mass is 379 g/mol. The quantitative estimate of drug-likeness (QED) is 0.629. The Kier molecular flexibility index (Phi) is 7.01. The molecule has 0 saturated carbocycles. The molecule has 0 aliphatic carbocycles. The molecule has 0 heterocycles. The number of carboxylic acid groups (broad SMARTS) is 1. The van der Waals surface area contributed by atoms with Crippen molar-refractivity contribution in [3.05, 3.63) is 82.9 Å². The van der Waals surface area contributed by atoms with E-state index in [9.17, 15) is 9.90 Å². The Morgan fingerprint density at radius 3 is 2.56 bits per heavy atom. The normalized spacial score (nSPS) is 11.2. The number of benzene rings is 3. The minimum Gasteiger partial charge on any atom is -0.478 e. The van der Waals surface area contributed by atoms with Crippen molar-refractivity contribution in [1.29, 1.82) is 0 Å². The van der Waals surface area contributed by atoms with E-state index < -0.39 is 5.97 Å². The van der Waals surface area contributed by atoms with Crippen LogP contribution < -0.4 is 5.32 Å². The fraction of sp³-hybridized carbons (Fsp3) is 0.174. The summed E-state index contributed by atoms with van der Waals surface area (Å²) in [7, 11) is 0. The summed E-state index contributed by atoms with van der Waals surface area (Å²) in [6.07, 6.45) is 0. The van der Waals surface area contributed by atoms with Gasteiger partial charge in [-0.05, 0) is 41.8 Å². The van der Waals surface area contributed by atoms with Crippen LogP contribution in [0.5, 0.6) is 0 Å². The zero-order chi connectivity index (χ0) is 18.5. The summed E-state index contributed by atoms with van der Waals surface area (Å²) in [5, 5.41) is 15.2. The number of carboxylic acids is 1. The van der Waals surface area contributed by atoms with E-state index in [4.69, 9.17) is 0 Å². The Bertz CT molecular complexity index is 1010. The highest BCUT2D eigenvalue weighted by Crippen LogP contribution is 2.23. The van der Waals surface area contributed by atoms with Crippen molar-refractivity contribution in [2.24, 2.45) is 0 Å². The lowest BCUT2D eigenvalue weighted by Gasteiger charge is -2.15. The molecule has 27 heavy (non-hydrogen) atoms. The first-order valence-electron chi connectivity index (χ1n) is 8.60. The molecule has 3 rings (SSSR count). The van der Waals surface area contributed by atoms with Crippen LogP contribution in [0.3, 0.4) is 0 Å². The van der Waals surface area contributed by atoms with Crippen molar-refractivity contribution in [1.82, 2.24) is 5.32 Å². The predicted molar refractivity (Wildman–Crippen MR) is 113 cm³/mol. The van der Waals surface area contributed by atoms with Crippen molar-refractivity contribution < 1.29 is 9.90 Å². The second kappa shape index (κ2) is 9.23. The van der Waals surface area contributed by atoms with Gasteiger partial charge in [-0.3, -0.25) is 5.32 Å². The van der Waals surface area contributed by atoms with Crippen molar-refractivity contribution >= 4 is 29.1 Å². The summed E-state index contributed by atoms with van der Waals surface area (Å²) in [6.45, 7) is 4.47. The first kappa shape index (κ1) is 20.5. The molecule has 0 aromatic heterocycles. The van der Waals surface area contributed by atoms with Gasteiger partial charge in [0.1, 0.15) is 0 Å². The number of nitrogens with one attached hydrogen (secondary N) is 1. The van der Waals surface area contributed by atoms with Gasteiger partial charge in [0.2, 0.25) is 0 Å². The molecular weight excluding hydrogens is 358 g/mol. The highest BCUT2D eigenvalue weighted by molar-refractivity contribution is 5.91. The zero-order valence-electron chi connectivity index (χ0n) is 15.3. The lowest BCUT2D eigenvalue weighted by atomic mass is 10.00. The van der Waals surface area contributed by atoms with Crippen LogP contribution in [0.1, 0.15) is 40.0 Å². The molecule has 0 fully saturated rings. The van der Waals surface area contributed by atoms with Crippen LogP contribution in [-0.4, -0.2) is 17.6 Å². The van der Waals surface area contributed by atoms with Gasteiger partial charge in [0.15, 0.2) is 0 Å². The molecule has 3 nitrogen and oxygen atoms in total. The number of rotatable bonds is 4. The molecule has 0 spiro atoms. The smallest absolute Gasteiger partial charge is 0.336 e. The first-order chi connectivity index (χ1) is 12.6. The number of hydrogen-bond donors (Lipinski definition) is 2. The summed E-state index contributed by atoms with van der Waals surface area (Å²) < 4.78 is 0. The van der Waals surface area contributed by atoms with Gasteiger partial charge in [-0.25, -0.2) is 4.79 Å². The SMILES string of the molecule is Cc1cccc(C(=O)O)c1C#CCN[C@H](C)c1cccc2ccccc12.Cl. The number of hydrogen-bond acceptors (Lipinski definition) is 2. The van der Waals surface area contributed by atoms with E-state index in [0.29, 0.717) is 12.1 Å². The molecule has 0 saturated heterocycles. The average Bonchev–Trinajstić information content (AvgIpc) is 2.65. The third-order valence-electron chi connectivity index (χ3n) is 4.50. The summed E-state index contributed by atoms with van der Waals surface area (Å²) in [5.74, 6) is 5.13. The molecule has 0 aliphatic heterocycles. The predicted octanol–water partition coefficient (Wildman–Crippen LogP) is 4.97. The Hall–Kier alpha value is -2.80. The molecule has 0 radical (unpaired) electrons. The molecule has 4 heteroatoms. The molecular formula is C23H22ClNO2. The van der Waals surface area contributed by atoms with E-state index in [1.807, 2.05) is 25.1 Å². The standard InChI is InChI=1S/C23H21NO2.ClH/c1-16-8-5-13-22(23(25)26)19(16)14-7-15-24-17(2)20-12-6-10-18-9-3-4-11-21(18)20;/h3-6,8-13,17,24H,15H2,1-2H3,(H,25,26);1H/t17-;/m1./s1. The molecule has 0 bridgehead atoms. The fourth-order valence-corrected chi connectivity index (χ4v) is 3.09. The molecule has 3 aromatic rings. The molecule has 0 unspecified atom stereocenters. The lowest BCUT2D eigenvalue weighted by molar-refractivity contribution is 0.0696. The van der Waals surface area contributed by atoms with Crippen LogP contribution in [0.2, 0.25) is 0 Å². The number of fused-ring (bicyclic) bond motifs is 1. The summed E-state index contributed by atoms with van der Waals surface area (Å²) in [5.41, 5.74) is 2.94. The van der Waals surface area contributed by atoms with Gasteiger partial charge in [-0.2, -0.15) is 0 Å². The number of carbonyl (C=O) groups is 1. The Morgan fingerprint density at radius 1 is 1.07 bits per heavy atom. The van der Waals surface area contributed by atoms with Gasteiger partial charge >= 0.3 is 5.97 Å². The first-order valence-corrected chi connectivity index (χ1v) is 8.60. The summed E-state index contributed by atoms with van der Waals surface area (Å²) >= 11 is 0. The van der Waals surface area contributed by atoms with Gasteiger partial charge < -0.3 is 5.11 Å². The molecule has 138 valence electrons. The van der Waals surface area contributed by atoms with E-state index >= 15 is 0 Å². The third kappa shape index (κ3) is 4.68. The van der Waals surface area contributed by atoms with Crippen LogP contribution in [0, 0.1) is 18.8 Å². The van der Waals surface area contributed by atoms with Crippen molar-refractivity contribution in [3.8, 4) is 11.8 Å². The Labute approximate surface area is 165 Å². The van der Waals surface area contributed by atoms with E-state index in [2.05, 4.69) is 54.4 Å². The minimum atomic E-state index is -0.949. The molecule has 3 aromatic carbocycles. The van der Waals surface area contributed by atoms with Gasteiger partial charge in [-0.1, -0.05) is 66.4 Å². The third-order valence-corrected chi connectivity index (χ3v) is 4.50. The van der Waals surface area contributed by atoms with Crippen molar-refractivity contribution in [3.63, 3.8) is 0 Å². The van der Waals surface area contributed by atoms with Crippen LogP contribution in [0.15, 0.2) is 60.7 Å². The van der Waals surface area contributed by atoms with E-state index in [-0.39, 0.29) is 24.0 Å². The largest absolute Gasteiger partial charge is 0.478 e. The van der Waals surface area contributed by atoms with Gasteiger partial charge in [-0.15, -0.1) is 12.4 Å². The maximum Gasteiger partial charge on any atom is 0.336 e. The minimum absolute atomic E-state index is 0. The van der Waals surface area contributed by atoms with Gasteiger partial charge in [0, 0.05) is 11.6 Å². The number of aryl methyl sites for hydroxylation is 1. The maximum atomic E-state index is 11.3. The Morgan fingerprint density at radius 2 is 1.78 bits per heavy atom. The van der Waals surface area contributed by atoms with E-state index in [1.54, 1.807) is 12.1 Å². The lowest BCUT2D eigenvalue weighted by Crippen LogP contribution is -2.19. The van der Waals surface area contributed by atoms with E-state index in [0.717, 1.165) is 5.56 Å². The highest BCUT2D eigenvalue weighted by Gasteiger charge is 2.10. The molecule has 0 aliphatic rings. The highest BCUT2D eigenvalue weighted by atomic mass is 35.5. The summed E-state index contributed by atoms with van der Waals surface area (Å²) in [4.78, 5) is 11.3. The summed E-state index contributed by atoms with van der Waals surface area (Å²) in [6, 6.07) is 20.0. The van der Waals surface area contributed by atoms with Crippen LogP contribution in [-0.2, 0) is 0 Å².